The summed E-state index contributed by atoms with van der Waals surface area (Å²) in [4.78, 5) is 23.8. The molecule has 0 saturated heterocycles. The third-order valence-electron chi connectivity index (χ3n) is 4.37. The molecular weight excluding hydrogens is 467 g/mol. The Bertz CT molecular complexity index is 1140. The van der Waals surface area contributed by atoms with Crippen molar-refractivity contribution >= 4 is 41.3 Å². The molecule has 9 heteroatoms. The molecular formula is C24H22Cl2N2O5. The maximum atomic E-state index is 11.9. The molecule has 0 aliphatic heterocycles. The fraction of sp³-hybridized carbons (Fsp3) is 0.208. The van der Waals surface area contributed by atoms with E-state index in [4.69, 9.17) is 37.1 Å². The standard InChI is InChI=1S/C24H22Cl2N2O5/c1-2-31-24(30)17-6-3-5-16(13-17)21-11-9-19(33-21)15-27-28-23(29)7-4-12-32-22-10-8-18(25)14-20(22)26/h3,5-6,8-11,13-15H,2,4,7,12H2,1H3,(H,28,29)/b27-15-. The lowest BCUT2D eigenvalue weighted by Gasteiger charge is -2.07. The molecule has 1 amide bonds. The zero-order valence-electron chi connectivity index (χ0n) is 17.8. The van der Waals surface area contributed by atoms with Crippen molar-refractivity contribution in [3.05, 3.63) is 76.0 Å². The number of benzene rings is 2. The summed E-state index contributed by atoms with van der Waals surface area (Å²) in [6.45, 7) is 2.38. The first-order valence-electron chi connectivity index (χ1n) is 10.2. The molecule has 1 aromatic heterocycles. The molecule has 0 saturated carbocycles. The molecule has 172 valence electrons. The molecule has 1 heterocycles. The number of ether oxygens (including phenoxy) is 2. The monoisotopic (exact) mass is 488 g/mol. The Labute approximate surface area is 201 Å². The molecule has 0 fully saturated rings. The molecule has 0 bridgehead atoms. The summed E-state index contributed by atoms with van der Waals surface area (Å²) in [5.41, 5.74) is 3.61. The number of esters is 1. The van der Waals surface area contributed by atoms with Gasteiger partial charge in [0.25, 0.3) is 0 Å². The third-order valence-corrected chi connectivity index (χ3v) is 4.90. The summed E-state index contributed by atoms with van der Waals surface area (Å²) >= 11 is 11.9. The van der Waals surface area contributed by atoms with Gasteiger partial charge in [0.05, 0.1) is 30.0 Å². The van der Waals surface area contributed by atoms with Crippen LogP contribution in [0.4, 0.5) is 0 Å². The van der Waals surface area contributed by atoms with Gasteiger partial charge in [-0.05, 0) is 55.8 Å². The van der Waals surface area contributed by atoms with E-state index in [1.165, 1.54) is 6.21 Å². The van der Waals surface area contributed by atoms with Gasteiger partial charge in [-0.25, -0.2) is 10.2 Å². The second-order valence-electron chi connectivity index (χ2n) is 6.82. The Balaban J connectivity index is 1.45. The Morgan fingerprint density at radius 1 is 1.12 bits per heavy atom. The number of nitrogens with one attached hydrogen (secondary N) is 1. The highest BCUT2D eigenvalue weighted by Crippen LogP contribution is 2.27. The smallest absolute Gasteiger partial charge is 0.338 e. The average Bonchev–Trinajstić information content (AvgIpc) is 3.27. The van der Waals surface area contributed by atoms with E-state index in [-0.39, 0.29) is 12.3 Å². The van der Waals surface area contributed by atoms with Crippen molar-refractivity contribution in [1.82, 2.24) is 5.43 Å². The van der Waals surface area contributed by atoms with Crippen LogP contribution in [0.3, 0.4) is 0 Å². The van der Waals surface area contributed by atoms with Crippen LogP contribution in [0.2, 0.25) is 10.0 Å². The van der Waals surface area contributed by atoms with E-state index < -0.39 is 5.97 Å². The van der Waals surface area contributed by atoms with Gasteiger partial charge in [-0.3, -0.25) is 4.79 Å². The summed E-state index contributed by atoms with van der Waals surface area (Å²) in [6, 6.07) is 15.4. The van der Waals surface area contributed by atoms with E-state index in [1.54, 1.807) is 55.5 Å². The van der Waals surface area contributed by atoms with Crippen LogP contribution in [0.5, 0.6) is 5.75 Å². The molecule has 7 nitrogen and oxygen atoms in total. The Hall–Kier alpha value is -3.29. The molecule has 3 aromatic rings. The van der Waals surface area contributed by atoms with Crippen LogP contribution in [-0.4, -0.2) is 31.3 Å². The van der Waals surface area contributed by atoms with Crippen molar-refractivity contribution in [1.29, 1.82) is 0 Å². The quantitative estimate of drug-likeness (QED) is 0.170. The van der Waals surface area contributed by atoms with Crippen LogP contribution in [0, 0.1) is 0 Å². The van der Waals surface area contributed by atoms with Gasteiger partial charge < -0.3 is 13.9 Å². The van der Waals surface area contributed by atoms with E-state index in [1.807, 2.05) is 6.07 Å². The lowest BCUT2D eigenvalue weighted by Crippen LogP contribution is -2.18. The fourth-order valence-electron chi connectivity index (χ4n) is 2.82. The van der Waals surface area contributed by atoms with Gasteiger partial charge in [-0.1, -0.05) is 35.3 Å². The van der Waals surface area contributed by atoms with Gasteiger partial charge in [-0.2, -0.15) is 5.10 Å². The number of carbonyl (C=O) groups is 2. The number of nitrogens with zero attached hydrogens (tertiary/aromatic N) is 1. The van der Waals surface area contributed by atoms with Crippen molar-refractivity contribution in [2.24, 2.45) is 5.10 Å². The van der Waals surface area contributed by atoms with E-state index in [9.17, 15) is 9.59 Å². The molecule has 0 unspecified atom stereocenters. The van der Waals surface area contributed by atoms with Gasteiger partial charge in [0.15, 0.2) is 0 Å². The number of rotatable bonds is 10. The summed E-state index contributed by atoms with van der Waals surface area (Å²) in [6.07, 6.45) is 2.12. The number of hydrogen-bond acceptors (Lipinski definition) is 6. The average molecular weight is 489 g/mol. The Morgan fingerprint density at radius 3 is 2.76 bits per heavy atom. The number of hydrogen-bond donors (Lipinski definition) is 1. The fourth-order valence-corrected chi connectivity index (χ4v) is 3.29. The number of carbonyl (C=O) groups excluding carboxylic acids is 2. The predicted octanol–water partition coefficient (Wildman–Crippen LogP) is 5.74. The van der Waals surface area contributed by atoms with Gasteiger partial charge in [0.2, 0.25) is 5.91 Å². The van der Waals surface area contributed by atoms with Gasteiger partial charge in [0, 0.05) is 17.0 Å². The maximum Gasteiger partial charge on any atom is 0.338 e. The first-order chi connectivity index (χ1) is 16.0. The zero-order valence-corrected chi connectivity index (χ0v) is 19.4. The number of halogens is 2. The zero-order chi connectivity index (χ0) is 23.6. The summed E-state index contributed by atoms with van der Waals surface area (Å²) in [7, 11) is 0. The van der Waals surface area contributed by atoms with Crippen LogP contribution >= 0.6 is 23.2 Å². The maximum absolute atomic E-state index is 11.9. The van der Waals surface area contributed by atoms with Crippen LogP contribution in [0.25, 0.3) is 11.3 Å². The highest BCUT2D eigenvalue weighted by molar-refractivity contribution is 6.35. The highest BCUT2D eigenvalue weighted by atomic mass is 35.5. The first kappa shape index (κ1) is 24.4. The van der Waals surface area contributed by atoms with Crippen LogP contribution in [0.1, 0.15) is 35.9 Å². The van der Waals surface area contributed by atoms with Gasteiger partial charge in [0.1, 0.15) is 17.3 Å². The van der Waals surface area contributed by atoms with Crippen LogP contribution < -0.4 is 10.2 Å². The first-order valence-corrected chi connectivity index (χ1v) is 11.0. The number of amides is 1. The largest absolute Gasteiger partial charge is 0.492 e. The lowest BCUT2D eigenvalue weighted by atomic mass is 10.1. The van der Waals surface area contributed by atoms with Crippen molar-refractivity contribution in [3.8, 4) is 17.1 Å². The molecule has 0 aliphatic carbocycles. The molecule has 2 aromatic carbocycles. The van der Waals surface area contributed by atoms with E-state index >= 15 is 0 Å². The van der Waals surface area contributed by atoms with Crippen molar-refractivity contribution in [3.63, 3.8) is 0 Å². The minimum atomic E-state index is -0.392. The van der Waals surface area contributed by atoms with Crippen LogP contribution in [-0.2, 0) is 9.53 Å². The molecule has 0 aliphatic rings. The Morgan fingerprint density at radius 2 is 1.97 bits per heavy atom. The highest BCUT2D eigenvalue weighted by Gasteiger charge is 2.10. The van der Waals surface area contributed by atoms with E-state index in [0.717, 1.165) is 5.56 Å². The topological polar surface area (TPSA) is 90.1 Å². The van der Waals surface area contributed by atoms with Crippen molar-refractivity contribution in [2.75, 3.05) is 13.2 Å². The molecule has 33 heavy (non-hydrogen) atoms. The van der Waals surface area contributed by atoms with E-state index in [2.05, 4.69) is 10.5 Å². The second-order valence-corrected chi connectivity index (χ2v) is 7.67. The summed E-state index contributed by atoms with van der Waals surface area (Å²) in [5.74, 6) is 0.878. The summed E-state index contributed by atoms with van der Waals surface area (Å²) in [5, 5.41) is 4.86. The number of furan rings is 1. The third kappa shape index (κ3) is 7.37. The van der Waals surface area contributed by atoms with Gasteiger partial charge >= 0.3 is 5.97 Å². The van der Waals surface area contributed by atoms with Gasteiger partial charge in [-0.15, -0.1) is 0 Å². The molecule has 1 N–H and O–H groups in total. The summed E-state index contributed by atoms with van der Waals surface area (Å²) < 4.78 is 16.3. The molecule has 0 radical (unpaired) electrons. The lowest BCUT2D eigenvalue weighted by molar-refractivity contribution is -0.121. The van der Waals surface area contributed by atoms with Crippen molar-refractivity contribution in [2.45, 2.75) is 19.8 Å². The predicted molar refractivity (Wildman–Crippen MR) is 127 cm³/mol. The molecule has 0 atom stereocenters. The SMILES string of the molecule is CCOC(=O)c1cccc(-c2ccc(/C=N\NC(=O)CCCOc3ccc(Cl)cc3Cl)o2)c1. The van der Waals surface area contributed by atoms with Crippen LogP contribution in [0.15, 0.2) is 64.1 Å². The van der Waals surface area contributed by atoms with E-state index in [0.29, 0.717) is 52.5 Å². The normalized spacial score (nSPS) is 10.9. The number of hydrazone groups is 1. The molecule has 3 rings (SSSR count). The minimum absolute atomic E-state index is 0.229. The minimum Gasteiger partial charge on any atom is -0.492 e. The molecule has 0 spiro atoms. The Kier molecular flexibility index (Phi) is 8.92. The second kappa shape index (κ2) is 12.1. The van der Waals surface area contributed by atoms with Crippen molar-refractivity contribution < 1.29 is 23.5 Å².